The first kappa shape index (κ1) is 20.4. The van der Waals surface area contributed by atoms with Gasteiger partial charge in [-0.2, -0.15) is 0 Å². The van der Waals surface area contributed by atoms with Crippen molar-refractivity contribution in [2.45, 2.75) is 66.2 Å². The van der Waals surface area contributed by atoms with Gasteiger partial charge in [0.25, 0.3) is 0 Å². The van der Waals surface area contributed by atoms with Gasteiger partial charge in [0.2, 0.25) is 0 Å². The number of hydrogen-bond acceptors (Lipinski definition) is 4. The quantitative estimate of drug-likeness (QED) is 0.726. The van der Waals surface area contributed by atoms with Crippen LogP contribution in [0.5, 0.6) is 5.75 Å². The van der Waals surface area contributed by atoms with Crippen molar-refractivity contribution in [3.05, 3.63) is 29.3 Å². The maximum absolute atomic E-state index is 10.6. The van der Waals surface area contributed by atoms with Crippen molar-refractivity contribution < 1.29 is 18.5 Å². The van der Waals surface area contributed by atoms with Crippen molar-refractivity contribution in [1.82, 2.24) is 0 Å². The Balaban J connectivity index is 3.30. The van der Waals surface area contributed by atoms with Crippen LogP contribution in [0.2, 0.25) is 0 Å². The fourth-order valence-electron chi connectivity index (χ4n) is 2.28. The number of benzene rings is 1. The first-order valence-corrected chi connectivity index (χ1v) is 9.94. The SMILES string of the molecule is CCO[PH](O)(OCC)Oc1ccc(C(C)(C)C)cc1C(C)(C)C. The monoisotopic (exact) mass is 344 g/mol. The standard InChI is InChI=1S/C18H33O4P/c1-9-20-23(19,21-10-2)22-16-12-11-14(17(3,4)5)13-15(16)18(6,7)8/h11-13,19,23H,9-10H2,1-8H3. The third kappa shape index (κ3) is 5.72. The van der Waals surface area contributed by atoms with E-state index in [0.29, 0.717) is 19.0 Å². The molecule has 0 saturated heterocycles. The van der Waals surface area contributed by atoms with Crippen LogP contribution in [0.4, 0.5) is 0 Å². The summed E-state index contributed by atoms with van der Waals surface area (Å²) in [5.74, 6) is 0.626. The molecule has 1 aromatic carbocycles. The van der Waals surface area contributed by atoms with E-state index >= 15 is 0 Å². The first-order chi connectivity index (χ1) is 10.4. The van der Waals surface area contributed by atoms with Gasteiger partial charge in [-0.15, -0.1) is 0 Å². The van der Waals surface area contributed by atoms with E-state index in [4.69, 9.17) is 13.6 Å². The van der Waals surface area contributed by atoms with Crippen molar-refractivity contribution in [1.29, 1.82) is 0 Å². The van der Waals surface area contributed by atoms with Gasteiger partial charge in [-0.25, -0.2) is 0 Å². The Labute approximate surface area is 141 Å². The van der Waals surface area contributed by atoms with Crippen LogP contribution in [0.1, 0.15) is 66.5 Å². The van der Waals surface area contributed by atoms with Crippen LogP contribution in [0.3, 0.4) is 0 Å². The molecule has 0 bridgehead atoms. The summed E-state index contributed by atoms with van der Waals surface area (Å²) >= 11 is 0. The van der Waals surface area contributed by atoms with Crippen molar-refractivity contribution in [3.8, 4) is 5.75 Å². The summed E-state index contributed by atoms with van der Waals surface area (Å²) in [4.78, 5) is 10.6. The van der Waals surface area contributed by atoms with Gasteiger partial charge in [-0.1, -0.05) is 0 Å². The predicted octanol–water partition coefficient (Wildman–Crippen LogP) is 5.14. The van der Waals surface area contributed by atoms with Gasteiger partial charge >= 0.3 is 141 Å². The molecule has 0 aliphatic heterocycles. The third-order valence-corrected chi connectivity index (χ3v) is 5.33. The molecule has 0 aliphatic rings. The van der Waals surface area contributed by atoms with Gasteiger partial charge in [0, 0.05) is 0 Å². The molecule has 0 atom stereocenters. The topological polar surface area (TPSA) is 47.9 Å². The average molecular weight is 344 g/mol. The van der Waals surface area contributed by atoms with E-state index in [9.17, 15) is 4.89 Å². The second-order valence-electron chi connectivity index (χ2n) is 7.70. The summed E-state index contributed by atoms with van der Waals surface area (Å²) in [5.41, 5.74) is 2.19. The van der Waals surface area contributed by atoms with Crippen molar-refractivity contribution in [2.24, 2.45) is 0 Å². The molecule has 0 heterocycles. The Hall–Kier alpha value is -0.670. The van der Waals surface area contributed by atoms with Crippen molar-refractivity contribution in [2.75, 3.05) is 13.2 Å². The summed E-state index contributed by atoms with van der Waals surface area (Å²) < 4.78 is 16.6. The molecular weight excluding hydrogens is 311 g/mol. The summed E-state index contributed by atoms with van der Waals surface area (Å²) in [5, 5.41) is 0. The fourth-order valence-corrected chi connectivity index (χ4v) is 3.66. The van der Waals surface area contributed by atoms with E-state index < -0.39 is 8.17 Å². The molecule has 0 amide bonds. The summed E-state index contributed by atoms with van der Waals surface area (Å²) in [6, 6.07) is 6.11. The fraction of sp³-hybridized carbons (Fsp3) is 0.667. The minimum absolute atomic E-state index is 0.0477. The van der Waals surface area contributed by atoms with Gasteiger partial charge in [-0.05, 0) is 0 Å². The van der Waals surface area contributed by atoms with E-state index in [1.54, 1.807) is 0 Å². The molecule has 1 aromatic rings. The zero-order valence-electron chi connectivity index (χ0n) is 15.8. The maximum atomic E-state index is 10.6. The molecule has 134 valence electrons. The molecule has 5 heteroatoms. The van der Waals surface area contributed by atoms with Crippen LogP contribution < -0.4 is 4.52 Å². The van der Waals surface area contributed by atoms with Crippen LogP contribution >= 0.6 is 8.17 Å². The normalized spacial score (nSPS) is 14.0. The third-order valence-electron chi connectivity index (χ3n) is 3.55. The molecule has 0 aliphatic carbocycles. The van der Waals surface area contributed by atoms with Gasteiger partial charge < -0.3 is 0 Å². The second kappa shape index (κ2) is 7.48. The zero-order valence-corrected chi connectivity index (χ0v) is 16.8. The molecule has 0 saturated carbocycles. The molecule has 1 rings (SSSR count). The Bertz CT molecular complexity index is 509. The zero-order chi connectivity index (χ0) is 17.9. The van der Waals surface area contributed by atoms with Crippen molar-refractivity contribution in [3.63, 3.8) is 0 Å². The van der Waals surface area contributed by atoms with Gasteiger partial charge in [0.1, 0.15) is 0 Å². The Morgan fingerprint density at radius 3 is 1.83 bits per heavy atom. The van der Waals surface area contributed by atoms with Crippen LogP contribution in [0, 0.1) is 0 Å². The Morgan fingerprint density at radius 2 is 1.43 bits per heavy atom. The molecule has 1 N–H and O–H groups in total. The molecule has 0 fully saturated rings. The minimum atomic E-state index is -3.66. The molecule has 0 spiro atoms. The Kier molecular flexibility index (Phi) is 6.63. The van der Waals surface area contributed by atoms with E-state index in [2.05, 4.69) is 47.6 Å². The summed E-state index contributed by atoms with van der Waals surface area (Å²) in [7, 11) is -3.66. The molecule has 0 radical (unpaired) electrons. The van der Waals surface area contributed by atoms with Gasteiger partial charge in [-0.3, -0.25) is 0 Å². The Morgan fingerprint density at radius 1 is 0.913 bits per heavy atom. The van der Waals surface area contributed by atoms with E-state index in [-0.39, 0.29) is 10.8 Å². The first-order valence-electron chi connectivity index (χ1n) is 8.27. The van der Waals surface area contributed by atoms with Crippen LogP contribution in [0.25, 0.3) is 0 Å². The van der Waals surface area contributed by atoms with E-state index in [1.807, 2.05) is 26.0 Å². The average Bonchev–Trinajstić information content (AvgIpc) is 2.36. The molecular formula is C18H33O4P. The van der Waals surface area contributed by atoms with E-state index in [1.165, 1.54) is 5.56 Å². The molecule has 0 unspecified atom stereocenters. The molecule has 4 nitrogen and oxygen atoms in total. The van der Waals surface area contributed by atoms with Crippen LogP contribution in [-0.4, -0.2) is 18.1 Å². The second-order valence-corrected chi connectivity index (χ2v) is 9.53. The summed E-state index contributed by atoms with van der Waals surface area (Å²) in [6.07, 6.45) is 0. The molecule has 0 aromatic heterocycles. The number of rotatable bonds is 6. The van der Waals surface area contributed by atoms with Gasteiger partial charge in [0.15, 0.2) is 0 Å². The van der Waals surface area contributed by atoms with E-state index in [0.717, 1.165) is 5.56 Å². The van der Waals surface area contributed by atoms with Crippen LogP contribution in [0.15, 0.2) is 18.2 Å². The van der Waals surface area contributed by atoms with Crippen molar-refractivity contribution >= 4 is 8.17 Å². The predicted molar refractivity (Wildman–Crippen MR) is 98.3 cm³/mol. The number of hydrogen-bond donors (Lipinski definition) is 1. The molecule has 23 heavy (non-hydrogen) atoms. The van der Waals surface area contributed by atoms with Crippen LogP contribution in [-0.2, 0) is 19.9 Å². The summed E-state index contributed by atoms with van der Waals surface area (Å²) in [6.45, 7) is 17.2. The van der Waals surface area contributed by atoms with Gasteiger partial charge in [0.05, 0.1) is 0 Å².